The Morgan fingerprint density at radius 2 is 2.19 bits per heavy atom. The minimum absolute atomic E-state index is 0.293. The Hall–Kier alpha value is -1.69. The minimum atomic E-state index is -0.293. The number of primary amides is 1. The molecule has 1 amide bonds. The number of rotatable bonds is 6. The highest BCUT2D eigenvalue weighted by atomic mass is 32.1. The van der Waals surface area contributed by atoms with Crippen molar-refractivity contribution in [3.63, 3.8) is 0 Å². The van der Waals surface area contributed by atoms with E-state index in [1.54, 1.807) is 18.3 Å². The van der Waals surface area contributed by atoms with E-state index in [-0.39, 0.29) is 5.91 Å². The first kappa shape index (κ1) is 12.4. The monoisotopic (exact) mass is 238 g/mol. The van der Waals surface area contributed by atoms with Crippen molar-refractivity contribution in [2.45, 2.75) is 12.8 Å². The van der Waals surface area contributed by atoms with Crippen LogP contribution in [0, 0.1) is 0 Å². The van der Waals surface area contributed by atoms with Crippen molar-refractivity contribution in [3.8, 4) is 0 Å². The van der Waals surface area contributed by atoms with Crippen molar-refractivity contribution in [1.29, 1.82) is 0 Å². The van der Waals surface area contributed by atoms with Crippen LogP contribution < -0.4 is 16.8 Å². The van der Waals surface area contributed by atoms with E-state index in [0.717, 1.165) is 11.4 Å². The Balaban J connectivity index is 2.38. The van der Waals surface area contributed by atoms with Crippen molar-refractivity contribution in [1.82, 2.24) is 4.98 Å². The summed E-state index contributed by atoms with van der Waals surface area (Å²) in [7, 11) is 0. The van der Waals surface area contributed by atoms with Gasteiger partial charge in [0.15, 0.2) is 0 Å². The van der Waals surface area contributed by atoms with Gasteiger partial charge >= 0.3 is 0 Å². The molecule has 0 spiro atoms. The van der Waals surface area contributed by atoms with E-state index in [9.17, 15) is 4.79 Å². The predicted molar refractivity (Wildman–Crippen MR) is 67.0 cm³/mol. The number of nitrogens with two attached hydrogens (primary N) is 2. The van der Waals surface area contributed by atoms with E-state index in [2.05, 4.69) is 10.3 Å². The van der Waals surface area contributed by atoms with E-state index >= 15 is 0 Å². The number of nitrogens with zero attached hydrogens (tertiary/aromatic N) is 1. The lowest BCUT2D eigenvalue weighted by molar-refractivity contribution is -0.118. The molecule has 0 atom stereocenters. The maximum Gasteiger partial charge on any atom is 0.217 e. The number of aromatic nitrogens is 1. The Bertz CT molecular complexity index is 377. The fraction of sp³-hybridized carbons (Fsp3) is 0.300. The average molecular weight is 238 g/mol. The molecule has 6 heteroatoms. The molecule has 0 bridgehead atoms. The van der Waals surface area contributed by atoms with Gasteiger partial charge < -0.3 is 16.8 Å². The molecule has 0 unspecified atom stereocenters. The lowest BCUT2D eigenvalue weighted by atomic mass is 10.3. The van der Waals surface area contributed by atoms with Gasteiger partial charge in [-0.15, -0.1) is 0 Å². The van der Waals surface area contributed by atoms with Gasteiger partial charge in [0.05, 0.1) is 0 Å². The van der Waals surface area contributed by atoms with Crippen molar-refractivity contribution in [3.05, 3.63) is 23.9 Å². The lowest BCUT2D eigenvalue weighted by Crippen LogP contribution is -2.13. The molecule has 0 aromatic carbocycles. The molecule has 1 aromatic rings. The molecule has 0 aliphatic heterocycles. The third-order valence-electron chi connectivity index (χ3n) is 1.95. The number of hydrogen-bond donors (Lipinski definition) is 3. The summed E-state index contributed by atoms with van der Waals surface area (Å²) in [6, 6.07) is 3.59. The van der Waals surface area contributed by atoms with Gasteiger partial charge in [-0.05, 0) is 18.6 Å². The van der Waals surface area contributed by atoms with E-state index in [4.69, 9.17) is 23.7 Å². The van der Waals surface area contributed by atoms with Crippen LogP contribution in [0.15, 0.2) is 18.3 Å². The summed E-state index contributed by atoms with van der Waals surface area (Å²) in [4.78, 5) is 14.9. The molecule has 1 rings (SSSR count). The summed E-state index contributed by atoms with van der Waals surface area (Å²) < 4.78 is 0. The van der Waals surface area contributed by atoms with Crippen molar-refractivity contribution >= 4 is 28.9 Å². The van der Waals surface area contributed by atoms with Gasteiger partial charge in [0, 0.05) is 24.7 Å². The molecule has 0 aliphatic rings. The van der Waals surface area contributed by atoms with Gasteiger partial charge in [0.25, 0.3) is 0 Å². The Kier molecular flexibility index (Phi) is 4.65. The second kappa shape index (κ2) is 6.02. The summed E-state index contributed by atoms with van der Waals surface area (Å²) in [5.74, 6) is 0.433. The zero-order chi connectivity index (χ0) is 12.0. The molecule has 16 heavy (non-hydrogen) atoms. The zero-order valence-electron chi connectivity index (χ0n) is 8.77. The van der Waals surface area contributed by atoms with E-state index in [1.807, 2.05) is 0 Å². The van der Waals surface area contributed by atoms with E-state index < -0.39 is 0 Å². The number of nitrogens with one attached hydrogen (secondary N) is 1. The molecule has 0 saturated heterocycles. The minimum Gasteiger partial charge on any atom is -0.389 e. The third kappa shape index (κ3) is 4.22. The SMILES string of the molecule is NC(=O)CCCNc1ccc(C(N)=S)cn1. The molecule has 1 aromatic heterocycles. The average Bonchev–Trinajstić information content (AvgIpc) is 2.25. The Morgan fingerprint density at radius 3 is 2.69 bits per heavy atom. The second-order valence-electron chi connectivity index (χ2n) is 3.29. The highest BCUT2D eigenvalue weighted by Crippen LogP contribution is 2.05. The molecule has 86 valence electrons. The fourth-order valence-corrected chi connectivity index (χ4v) is 1.24. The lowest BCUT2D eigenvalue weighted by Gasteiger charge is -2.05. The van der Waals surface area contributed by atoms with Crippen molar-refractivity contribution in [2.75, 3.05) is 11.9 Å². The number of carbonyl (C=O) groups is 1. The first-order valence-electron chi connectivity index (χ1n) is 4.87. The summed E-state index contributed by atoms with van der Waals surface area (Å²) in [5.41, 5.74) is 11.2. The van der Waals surface area contributed by atoms with Crippen LogP contribution in [0.4, 0.5) is 5.82 Å². The molecule has 5 nitrogen and oxygen atoms in total. The smallest absolute Gasteiger partial charge is 0.217 e. The zero-order valence-corrected chi connectivity index (χ0v) is 9.59. The van der Waals surface area contributed by atoms with Gasteiger partial charge in [0.2, 0.25) is 5.91 Å². The van der Waals surface area contributed by atoms with E-state index in [1.165, 1.54) is 0 Å². The number of thiocarbonyl (C=S) groups is 1. The summed E-state index contributed by atoms with van der Waals surface area (Å²) in [6.45, 7) is 0.655. The maximum atomic E-state index is 10.5. The molecule has 0 radical (unpaired) electrons. The van der Waals surface area contributed by atoms with Gasteiger partial charge in [-0.2, -0.15) is 0 Å². The third-order valence-corrected chi connectivity index (χ3v) is 2.19. The van der Waals surface area contributed by atoms with Crippen LogP contribution in [-0.2, 0) is 4.79 Å². The predicted octanol–water partition coefficient (Wildman–Crippen LogP) is 0.393. The molecular formula is C10H14N4OS. The van der Waals surface area contributed by atoms with Gasteiger partial charge in [-0.3, -0.25) is 4.79 Å². The molecule has 0 saturated carbocycles. The van der Waals surface area contributed by atoms with Gasteiger partial charge in [0.1, 0.15) is 10.8 Å². The summed E-state index contributed by atoms with van der Waals surface area (Å²) >= 11 is 4.81. The second-order valence-corrected chi connectivity index (χ2v) is 3.73. The standard InChI is InChI=1S/C10H14N4OS/c11-8(15)2-1-5-13-9-4-3-7(6-14-9)10(12)16/h3-4,6H,1-2,5H2,(H2,11,15)(H2,12,16)(H,13,14). The van der Waals surface area contributed by atoms with Crippen LogP contribution in [0.1, 0.15) is 18.4 Å². The van der Waals surface area contributed by atoms with E-state index in [0.29, 0.717) is 24.4 Å². The largest absolute Gasteiger partial charge is 0.389 e. The first-order valence-corrected chi connectivity index (χ1v) is 5.28. The summed E-state index contributed by atoms with van der Waals surface area (Å²) in [5, 5.41) is 3.06. The quantitative estimate of drug-likeness (QED) is 0.492. The number of anilines is 1. The topological polar surface area (TPSA) is 94.0 Å². The molecule has 1 heterocycles. The molecule has 5 N–H and O–H groups in total. The van der Waals surface area contributed by atoms with Crippen LogP contribution in [0.5, 0.6) is 0 Å². The molecule has 0 aliphatic carbocycles. The molecular weight excluding hydrogens is 224 g/mol. The van der Waals surface area contributed by atoms with Crippen LogP contribution in [0.2, 0.25) is 0 Å². The number of hydrogen-bond acceptors (Lipinski definition) is 4. The maximum absolute atomic E-state index is 10.5. The highest BCUT2D eigenvalue weighted by Gasteiger charge is 1.98. The Morgan fingerprint density at radius 1 is 1.44 bits per heavy atom. The number of amides is 1. The van der Waals surface area contributed by atoms with Gasteiger partial charge in [-0.25, -0.2) is 4.98 Å². The van der Waals surface area contributed by atoms with Crippen LogP contribution in [0.3, 0.4) is 0 Å². The fourth-order valence-electron chi connectivity index (χ4n) is 1.12. The first-order chi connectivity index (χ1) is 7.59. The van der Waals surface area contributed by atoms with Gasteiger partial charge in [-0.1, -0.05) is 12.2 Å². The van der Waals surface area contributed by atoms with Crippen LogP contribution in [-0.4, -0.2) is 22.4 Å². The normalized spacial score (nSPS) is 9.75. The van der Waals surface area contributed by atoms with Crippen molar-refractivity contribution < 1.29 is 4.79 Å². The highest BCUT2D eigenvalue weighted by molar-refractivity contribution is 7.80. The summed E-state index contributed by atoms with van der Waals surface area (Å²) in [6.07, 6.45) is 2.67. The van der Waals surface area contributed by atoms with Crippen molar-refractivity contribution in [2.24, 2.45) is 11.5 Å². The van der Waals surface area contributed by atoms with Crippen LogP contribution >= 0.6 is 12.2 Å². The number of carbonyl (C=O) groups excluding carboxylic acids is 1. The van der Waals surface area contributed by atoms with Crippen LogP contribution in [0.25, 0.3) is 0 Å². The molecule has 0 fully saturated rings. The Labute approximate surface area is 99.2 Å². The number of pyridine rings is 1.